The number of hydrogen-bond acceptors (Lipinski definition) is 5. The molecule has 0 aliphatic heterocycles. The van der Waals surface area contributed by atoms with Crippen molar-refractivity contribution < 1.29 is 9.63 Å². The normalized spacial score (nSPS) is 11.3. The van der Waals surface area contributed by atoms with Gasteiger partial charge in [-0.2, -0.15) is 0 Å². The second-order valence-electron chi connectivity index (χ2n) is 5.99. The number of hydrogen-bond donors (Lipinski definition) is 1. The minimum Gasteiger partial charge on any atom is -0.297 e. The molecule has 0 saturated carbocycles. The average Bonchev–Trinajstić information content (AvgIpc) is 3.04. The van der Waals surface area contributed by atoms with Crippen molar-refractivity contribution in [3.8, 4) is 10.6 Å². The maximum atomic E-state index is 11.9. The summed E-state index contributed by atoms with van der Waals surface area (Å²) in [6.45, 7) is 5.66. The van der Waals surface area contributed by atoms with E-state index < -0.39 is 6.09 Å². The Morgan fingerprint density at radius 3 is 2.44 bits per heavy atom. The molecule has 1 heterocycles. The van der Waals surface area contributed by atoms with E-state index in [0.717, 1.165) is 26.7 Å². The summed E-state index contributed by atoms with van der Waals surface area (Å²) < 4.78 is 0. The molecule has 0 aliphatic carbocycles. The minimum absolute atomic E-state index is 0.587. The zero-order chi connectivity index (χ0) is 19.4. The van der Waals surface area contributed by atoms with Crippen molar-refractivity contribution in [2.75, 3.05) is 5.32 Å². The van der Waals surface area contributed by atoms with Crippen molar-refractivity contribution in [2.45, 2.75) is 20.8 Å². The molecule has 2 aromatic carbocycles. The van der Waals surface area contributed by atoms with E-state index in [1.807, 2.05) is 50.2 Å². The van der Waals surface area contributed by atoms with Crippen molar-refractivity contribution in [1.82, 2.24) is 4.98 Å². The summed E-state index contributed by atoms with van der Waals surface area (Å²) in [4.78, 5) is 22.3. The van der Waals surface area contributed by atoms with Crippen LogP contribution in [0.3, 0.4) is 0 Å². The van der Waals surface area contributed by atoms with Crippen LogP contribution in [-0.2, 0) is 4.84 Å². The number of halogens is 1. The number of aromatic nitrogens is 1. The predicted molar refractivity (Wildman–Crippen MR) is 111 cm³/mol. The number of nitrogens with zero attached hydrogens (tertiary/aromatic N) is 2. The smallest absolute Gasteiger partial charge is 0.297 e. The third-order valence-corrected chi connectivity index (χ3v) is 5.35. The van der Waals surface area contributed by atoms with Gasteiger partial charge < -0.3 is 0 Å². The van der Waals surface area contributed by atoms with Gasteiger partial charge >= 0.3 is 6.09 Å². The zero-order valence-corrected chi connectivity index (χ0v) is 16.7. The summed E-state index contributed by atoms with van der Waals surface area (Å²) in [5, 5.41) is 8.12. The van der Waals surface area contributed by atoms with Gasteiger partial charge in [-0.15, -0.1) is 11.3 Å². The second kappa shape index (κ2) is 8.33. The SMILES string of the molecule is C/C(=N/OC(=O)Nc1ccc(C)cc1)c1sc(-c2ccc(Cl)cc2)nc1C. The number of oxime groups is 1. The quantitative estimate of drug-likeness (QED) is 0.330. The van der Waals surface area contributed by atoms with Gasteiger partial charge in [-0.25, -0.2) is 9.78 Å². The Balaban J connectivity index is 1.69. The highest BCUT2D eigenvalue weighted by Crippen LogP contribution is 2.29. The van der Waals surface area contributed by atoms with E-state index >= 15 is 0 Å². The Labute approximate surface area is 166 Å². The molecule has 0 bridgehead atoms. The maximum absolute atomic E-state index is 11.9. The molecule has 1 N–H and O–H groups in total. The lowest BCUT2D eigenvalue weighted by molar-refractivity contribution is 0.166. The highest BCUT2D eigenvalue weighted by atomic mass is 35.5. The molecule has 0 aliphatic rings. The van der Waals surface area contributed by atoms with Crippen LogP contribution in [0.4, 0.5) is 10.5 Å². The fourth-order valence-corrected chi connectivity index (χ4v) is 3.51. The molecule has 5 nitrogen and oxygen atoms in total. The summed E-state index contributed by atoms with van der Waals surface area (Å²) in [6, 6.07) is 14.9. The average molecular weight is 400 g/mol. The summed E-state index contributed by atoms with van der Waals surface area (Å²) in [5.41, 5.74) is 4.15. The molecule has 27 heavy (non-hydrogen) atoms. The first-order chi connectivity index (χ1) is 12.9. The first-order valence-corrected chi connectivity index (χ1v) is 9.45. The molecule has 0 fully saturated rings. The molecular weight excluding hydrogens is 382 g/mol. The number of benzene rings is 2. The predicted octanol–water partition coefficient (Wildman–Crippen LogP) is 6.05. The largest absolute Gasteiger partial charge is 0.437 e. The van der Waals surface area contributed by atoms with Gasteiger partial charge in [-0.3, -0.25) is 10.2 Å². The van der Waals surface area contributed by atoms with Crippen LogP contribution < -0.4 is 5.32 Å². The Morgan fingerprint density at radius 1 is 1.11 bits per heavy atom. The summed E-state index contributed by atoms with van der Waals surface area (Å²) in [6.07, 6.45) is -0.640. The van der Waals surface area contributed by atoms with Gasteiger partial charge in [0.1, 0.15) is 5.01 Å². The van der Waals surface area contributed by atoms with E-state index in [0.29, 0.717) is 16.4 Å². The van der Waals surface area contributed by atoms with Crippen molar-refractivity contribution >= 4 is 40.4 Å². The number of nitrogens with one attached hydrogen (secondary N) is 1. The molecule has 1 amide bonds. The summed E-state index contributed by atoms with van der Waals surface area (Å²) >= 11 is 7.42. The van der Waals surface area contributed by atoms with Crippen LogP contribution in [-0.4, -0.2) is 16.8 Å². The number of rotatable bonds is 4. The lowest BCUT2D eigenvalue weighted by Gasteiger charge is -2.03. The third kappa shape index (κ3) is 4.93. The monoisotopic (exact) mass is 399 g/mol. The molecule has 1 aromatic heterocycles. The molecule has 138 valence electrons. The second-order valence-corrected chi connectivity index (χ2v) is 7.42. The number of aryl methyl sites for hydroxylation is 2. The van der Waals surface area contributed by atoms with E-state index in [4.69, 9.17) is 16.4 Å². The number of carbonyl (C=O) groups is 1. The van der Waals surface area contributed by atoms with E-state index in [9.17, 15) is 4.79 Å². The Morgan fingerprint density at radius 2 is 1.78 bits per heavy atom. The van der Waals surface area contributed by atoms with Gasteiger partial charge in [0.15, 0.2) is 0 Å². The molecule has 7 heteroatoms. The van der Waals surface area contributed by atoms with Gasteiger partial charge in [0, 0.05) is 16.3 Å². The number of amides is 1. The van der Waals surface area contributed by atoms with E-state index in [1.54, 1.807) is 19.1 Å². The van der Waals surface area contributed by atoms with E-state index in [-0.39, 0.29) is 0 Å². The number of carbonyl (C=O) groups excluding carboxylic acids is 1. The molecule has 0 saturated heterocycles. The summed E-state index contributed by atoms with van der Waals surface area (Å²) in [7, 11) is 0. The Bertz CT molecular complexity index is 979. The van der Waals surface area contributed by atoms with Gasteiger partial charge in [0.2, 0.25) is 0 Å². The first kappa shape index (κ1) is 19.1. The van der Waals surface area contributed by atoms with Crippen LogP contribution in [0.2, 0.25) is 5.02 Å². The van der Waals surface area contributed by atoms with Crippen molar-refractivity contribution in [2.24, 2.45) is 5.16 Å². The maximum Gasteiger partial charge on any atom is 0.437 e. The zero-order valence-electron chi connectivity index (χ0n) is 15.1. The van der Waals surface area contributed by atoms with Crippen LogP contribution in [0.15, 0.2) is 53.7 Å². The van der Waals surface area contributed by atoms with Crippen LogP contribution in [0.25, 0.3) is 10.6 Å². The van der Waals surface area contributed by atoms with Crippen molar-refractivity contribution in [1.29, 1.82) is 0 Å². The molecule has 0 atom stereocenters. The summed E-state index contributed by atoms with van der Waals surface area (Å²) in [5.74, 6) is 0. The molecule has 3 aromatic rings. The highest BCUT2D eigenvalue weighted by molar-refractivity contribution is 7.17. The first-order valence-electron chi connectivity index (χ1n) is 8.25. The molecule has 0 radical (unpaired) electrons. The minimum atomic E-state index is -0.640. The van der Waals surface area contributed by atoms with Crippen LogP contribution in [0.1, 0.15) is 23.1 Å². The Hall–Kier alpha value is -2.70. The van der Waals surface area contributed by atoms with Crippen LogP contribution in [0, 0.1) is 13.8 Å². The fourth-order valence-electron chi connectivity index (χ4n) is 2.38. The molecular formula is C20H18ClN3O2S. The van der Waals surface area contributed by atoms with Crippen molar-refractivity contribution in [3.63, 3.8) is 0 Å². The van der Waals surface area contributed by atoms with Gasteiger partial charge in [-0.05, 0) is 45.0 Å². The Kier molecular flexibility index (Phi) is 5.88. The molecule has 3 rings (SSSR count). The fraction of sp³-hybridized carbons (Fsp3) is 0.150. The van der Waals surface area contributed by atoms with Gasteiger partial charge in [-0.1, -0.05) is 46.6 Å². The van der Waals surface area contributed by atoms with Gasteiger partial charge in [0.05, 0.1) is 16.3 Å². The lowest BCUT2D eigenvalue weighted by atomic mass is 10.2. The molecule has 0 spiro atoms. The molecule has 0 unspecified atom stereocenters. The topological polar surface area (TPSA) is 63.6 Å². The van der Waals surface area contributed by atoms with E-state index in [1.165, 1.54) is 11.3 Å². The van der Waals surface area contributed by atoms with Gasteiger partial charge in [0.25, 0.3) is 0 Å². The highest BCUT2D eigenvalue weighted by Gasteiger charge is 2.13. The number of anilines is 1. The third-order valence-electron chi connectivity index (χ3n) is 3.78. The number of thiazole rings is 1. The standard InChI is InChI=1S/C20H18ClN3O2S/c1-12-4-10-17(11-5-12)23-20(25)26-24-14(3)18-13(2)22-19(27-18)15-6-8-16(21)9-7-15/h4-11H,1-3H3,(H,23,25)/b24-14-. The van der Waals surface area contributed by atoms with Crippen LogP contribution in [0.5, 0.6) is 0 Å². The van der Waals surface area contributed by atoms with E-state index in [2.05, 4.69) is 15.5 Å². The van der Waals surface area contributed by atoms with Crippen LogP contribution >= 0.6 is 22.9 Å². The van der Waals surface area contributed by atoms with Crippen molar-refractivity contribution in [3.05, 3.63) is 69.7 Å². The lowest BCUT2D eigenvalue weighted by Crippen LogP contribution is -2.11.